The molecule has 0 radical (unpaired) electrons. The maximum atomic E-state index is 15.3. The van der Waals surface area contributed by atoms with Gasteiger partial charge in [0, 0.05) is 37.0 Å². The van der Waals surface area contributed by atoms with Gasteiger partial charge in [-0.25, -0.2) is 24.0 Å². The monoisotopic (exact) mass is 691 g/mol. The average Bonchev–Trinajstić information content (AvgIpc) is 3.08. The van der Waals surface area contributed by atoms with Gasteiger partial charge in [0.1, 0.15) is 22.8 Å². The number of thioether (sulfide) groups is 1. The Morgan fingerprint density at radius 3 is 2.51 bits per heavy atom. The Hall–Kier alpha value is -5.48. The third-order valence-electron chi connectivity index (χ3n) is 7.77. The third kappa shape index (κ3) is 7.98. The molecule has 0 aliphatic carbocycles. The molecule has 13 nitrogen and oxygen atoms in total. The van der Waals surface area contributed by atoms with Gasteiger partial charge in [-0.2, -0.15) is 10.2 Å². The summed E-state index contributed by atoms with van der Waals surface area (Å²) < 4.78 is 46.4. The molecule has 254 valence electrons. The van der Waals surface area contributed by atoms with E-state index in [2.05, 4.69) is 20.9 Å². The molecule has 0 saturated carbocycles. The largest absolute Gasteiger partial charge is 0.493 e. The second-order valence-corrected chi connectivity index (χ2v) is 12.1. The number of primary amides is 1. The Bertz CT molecular complexity index is 1910. The normalized spacial score (nSPS) is 16.8. The summed E-state index contributed by atoms with van der Waals surface area (Å²) in [5.74, 6) is -1.15. The van der Waals surface area contributed by atoms with Gasteiger partial charge >= 0.3 is 6.03 Å². The van der Waals surface area contributed by atoms with Crippen molar-refractivity contribution in [2.75, 3.05) is 32.1 Å². The minimum atomic E-state index is -0.796. The van der Waals surface area contributed by atoms with Crippen molar-refractivity contribution in [2.24, 2.45) is 5.73 Å². The van der Waals surface area contributed by atoms with E-state index in [1.807, 2.05) is 4.90 Å². The number of nitrogens with one attached hydrogen (secondary N) is 2. The van der Waals surface area contributed by atoms with Crippen LogP contribution in [-0.4, -0.2) is 70.8 Å². The van der Waals surface area contributed by atoms with Crippen LogP contribution in [0.2, 0.25) is 0 Å². The summed E-state index contributed by atoms with van der Waals surface area (Å²) in [6.07, 6.45) is 3.90. The van der Waals surface area contributed by atoms with E-state index in [4.69, 9.17) is 19.9 Å². The minimum Gasteiger partial charge on any atom is -0.493 e. The Kier molecular flexibility index (Phi) is 10.1. The molecule has 0 spiro atoms. The van der Waals surface area contributed by atoms with E-state index in [-0.39, 0.29) is 35.7 Å². The second-order valence-electron chi connectivity index (χ2n) is 11.2. The van der Waals surface area contributed by atoms with Crippen LogP contribution in [0, 0.1) is 11.6 Å². The number of carbonyl (C=O) groups excluding carboxylic acids is 3. The second kappa shape index (κ2) is 14.7. The Labute approximate surface area is 283 Å². The average molecular weight is 692 g/mol. The number of methoxy groups -OCH3 is 1. The number of amides is 4. The lowest BCUT2D eigenvalue weighted by atomic mass is 10.1. The first kappa shape index (κ1) is 33.4. The van der Waals surface area contributed by atoms with Crippen LogP contribution >= 0.6 is 11.8 Å². The van der Waals surface area contributed by atoms with Crippen molar-refractivity contribution in [1.82, 2.24) is 25.5 Å². The molecule has 1 aromatic heterocycles. The molecule has 49 heavy (non-hydrogen) atoms. The zero-order chi connectivity index (χ0) is 34.5. The van der Waals surface area contributed by atoms with Gasteiger partial charge in [-0.15, -0.1) is 11.8 Å². The van der Waals surface area contributed by atoms with E-state index in [1.165, 1.54) is 67.5 Å². The summed E-state index contributed by atoms with van der Waals surface area (Å²) in [4.78, 5) is 38.6. The van der Waals surface area contributed by atoms with Crippen molar-refractivity contribution in [3.8, 4) is 23.0 Å². The Morgan fingerprint density at radius 1 is 1.02 bits per heavy atom. The fourth-order valence-corrected chi connectivity index (χ4v) is 6.34. The summed E-state index contributed by atoms with van der Waals surface area (Å²) in [5.41, 5.74) is 8.90. The van der Waals surface area contributed by atoms with Gasteiger partial charge in [-0.05, 0) is 54.1 Å². The lowest BCUT2D eigenvalue weighted by Crippen LogP contribution is -2.49. The van der Waals surface area contributed by atoms with Gasteiger partial charge in [0.05, 0.1) is 25.2 Å². The number of likely N-dealkylation sites (tertiary alicyclic amines) is 1. The van der Waals surface area contributed by atoms with E-state index in [9.17, 15) is 18.8 Å². The van der Waals surface area contributed by atoms with E-state index < -0.39 is 28.9 Å². The number of rotatable bonds is 10. The predicted molar refractivity (Wildman–Crippen MR) is 177 cm³/mol. The number of nitrogens with two attached hydrogens (primary N) is 1. The number of nitrogens with zero attached hydrogens (tertiary/aromatic N) is 4. The molecule has 2 aliphatic rings. The smallest absolute Gasteiger partial charge is 0.338 e. The zero-order valence-electron chi connectivity index (χ0n) is 26.1. The molecular formula is C33H31F2N7O6S. The van der Waals surface area contributed by atoms with Crippen LogP contribution in [0.4, 0.5) is 19.3 Å². The van der Waals surface area contributed by atoms with E-state index >= 15 is 4.39 Å². The molecular weight excluding hydrogens is 660 g/mol. The van der Waals surface area contributed by atoms with E-state index in [0.717, 1.165) is 11.1 Å². The van der Waals surface area contributed by atoms with Crippen molar-refractivity contribution in [3.05, 3.63) is 89.5 Å². The Balaban J connectivity index is 1.12. The highest BCUT2D eigenvalue weighted by Gasteiger charge is 2.29. The SMILES string of the molecule is COc1cc2c(Oc3ccc(NC(=O)NN4C(=O)C=CSC4c4ccc(F)cc4)cc3F)cnnc2cc1OC1CCN(CC(N)=O)CC1. The molecule has 1 atom stereocenters. The first-order valence-corrected chi connectivity index (χ1v) is 16.1. The van der Waals surface area contributed by atoms with Crippen molar-refractivity contribution in [1.29, 1.82) is 0 Å². The molecule has 6 rings (SSSR count). The van der Waals surface area contributed by atoms with Crippen LogP contribution in [0.1, 0.15) is 23.8 Å². The van der Waals surface area contributed by atoms with Gasteiger partial charge in [0.25, 0.3) is 5.91 Å². The molecule has 1 unspecified atom stereocenters. The fraction of sp³-hybridized carbons (Fsp3) is 0.242. The number of anilines is 1. The number of fused-ring (bicyclic) bond motifs is 1. The van der Waals surface area contributed by atoms with Crippen LogP contribution in [0.25, 0.3) is 10.9 Å². The zero-order valence-corrected chi connectivity index (χ0v) is 26.9. The van der Waals surface area contributed by atoms with Crippen molar-refractivity contribution < 1.29 is 37.4 Å². The number of ether oxygens (including phenoxy) is 3. The molecule has 4 amide bonds. The molecule has 4 N–H and O–H groups in total. The first-order valence-electron chi connectivity index (χ1n) is 15.1. The van der Waals surface area contributed by atoms with Crippen LogP contribution in [0.5, 0.6) is 23.0 Å². The quantitative estimate of drug-likeness (QED) is 0.210. The fourth-order valence-electron chi connectivity index (χ4n) is 5.41. The maximum absolute atomic E-state index is 15.3. The number of benzene rings is 3. The maximum Gasteiger partial charge on any atom is 0.338 e. The van der Waals surface area contributed by atoms with Gasteiger partial charge in [0.15, 0.2) is 28.8 Å². The number of carbonyl (C=O) groups is 3. The minimum absolute atomic E-state index is 0.0926. The van der Waals surface area contributed by atoms with Gasteiger partial charge in [-0.1, -0.05) is 12.1 Å². The topological polar surface area (TPSA) is 161 Å². The van der Waals surface area contributed by atoms with Crippen molar-refractivity contribution >= 4 is 46.2 Å². The number of halogens is 2. The molecule has 3 heterocycles. The highest BCUT2D eigenvalue weighted by atomic mass is 32.2. The molecule has 4 aromatic rings. The highest BCUT2D eigenvalue weighted by molar-refractivity contribution is 8.02. The number of urea groups is 1. The van der Waals surface area contributed by atoms with Gasteiger partial charge in [0.2, 0.25) is 5.91 Å². The molecule has 2 aliphatic heterocycles. The number of hydrogen-bond donors (Lipinski definition) is 3. The third-order valence-corrected chi connectivity index (χ3v) is 8.81. The molecule has 16 heteroatoms. The van der Waals surface area contributed by atoms with Crippen molar-refractivity contribution in [3.63, 3.8) is 0 Å². The highest BCUT2D eigenvalue weighted by Crippen LogP contribution is 2.39. The van der Waals surface area contributed by atoms with Crippen molar-refractivity contribution in [2.45, 2.75) is 24.3 Å². The van der Waals surface area contributed by atoms with Crippen LogP contribution in [0.3, 0.4) is 0 Å². The van der Waals surface area contributed by atoms with Gasteiger partial charge in [-0.3, -0.25) is 14.5 Å². The Morgan fingerprint density at radius 2 is 1.80 bits per heavy atom. The van der Waals surface area contributed by atoms with Crippen LogP contribution in [-0.2, 0) is 9.59 Å². The van der Waals surface area contributed by atoms with Crippen LogP contribution in [0.15, 0.2) is 72.3 Å². The lowest BCUT2D eigenvalue weighted by Gasteiger charge is -2.32. The first-order chi connectivity index (χ1) is 23.7. The molecule has 1 saturated heterocycles. The predicted octanol–water partition coefficient (Wildman–Crippen LogP) is 4.86. The summed E-state index contributed by atoms with van der Waals surface area (Å²) in [6.45, 7) is 1.54. The molecule has 1 fully saturated rings. The van der Waals surface area contributed by atoms with Gasteiger partial charge < -0.3 is 25.3 Å². The summed E-state index contributed by atoms with van der Waals surface area (Å²) in [6, 6.07) is 11.9. The number of piperidine rings is 1. The summed E-state index contributed by atoms with van der Waals surface area (Å²) >= 11 is 1.24. The number of hydrogen-bond acceptors (Lipinski definition) is 10. The summed E-state index contributed by atoms with van der Waals surface area (Å²) in [7, 11) is 1.50. The number of hydrazine groups is 1. The summed E-state index contributed by atoms with van der Waals surface area (Å²) in [5, 5.41) is 13.2. The molecule has 3 aromatic carbocycles. The standard InChI is InChI=1S/C33H31F2N7O6S/c1-46-27-15-23-25(16-28(27)47-22-8-11-41(12-9-22)18-30(36)43)39-37-17-29(23)48-26-7-6-21(14-24(26)35)38-33(45)40-42-31(44)10-13-49-32(42)19-2-4-20(34)5-3-19/h2-7,10,13-17,22,32H,8-9,11-12,18H2,1H3,(H2,36,43)(H2,38,40,45). The van der Waals surface area contributed by atoms with Crippen LogP contribution < -0.4 is 30.7 Å². The molecule has 0 bridgehead atoms. The van der Waals surface area contributed by atoms with E-state index in [1.54, 1.807) is 17.5 Å². The van der Waals surface area contributed by atoms with E-state index in [0.29, 0.717) is 53.9 Å². The lowest BCUT2D eigenvalue weighted by molar-refractivity contribution is -0.129. The number of aromatic nitrogens is 2.